The van der Waals surface area contributed by atoms with Gasteiger partial charge in [-0.2, -0.15) is 0 Å². The van der Waals surface area contributed by atoms with Gasteiger partial charge in [-0.1, -0.05) is 12.2 Å². The lowest BCUT2D eigenvalue weighted by molar-refractivity contribution is -0.138. The molecule has 6 heteroatoms. The Labute approximate surface area is 115 Å². The lowest BCUT2D eigenvalue weighted by Crippen LogP contribution is -2.31. The van der Waals surface area contributed by atoms with Crippen LogP contribution in [-0.2, 0) is 19.1 Å². The first kappa shape index (κ1) is 15.2. The second-order valence-corrected chi connectivity index (χ2v) is 6.54. The first-order valence-electron chi connectivity index (χ1n) is 5.24. The molecule has 1 aliphatic heterocycles. The van der Waals surface area contributed by atoms with Gasteiger partial charge >= 0.3 is 11.9 Å². The molecule has 0 fully saturated rings. The van der Waals surface area contributed by atoms with Crippen LogP contribution < -0.4 is 0 Å². The number of methoxy groups -OCH3 is 2. The van der Waals surface area contributed by atoms with Crippen LogP contribution in [0.1, 0.15) is 13.8 Å². The topological polar surface area (TPSA) is 52.6 Å². The van der Waals surface area contributed by atoms with E-state index in [9.17, 15) is 9.59 Å². The van der Waals surface area contributed by atoms with Crippen molar-refractivity contribution in [1.29, 1.82) is 0 Å². The van der Waals surface area contributed by atoms with Crippen LogP contribution in [0.15, 0.2) is 22.0 Å². The quantitative estimate of drug-likeness (QED) is 0.587. The predicted molar refractivity (Wildman–Crippen MR) is 74.3 cm³/mol. The Morgan fingerprint density at radius 2 is 1.72 bits per heavy atom. The minimum absolute atomic E-state index is 0.286. The molecule has 0 radical (unpaired) electrons. The van der Waals surface area contributed by atoms with Gasteiger partial charge in [-0.25, -0.2) is 9.59 Å². The van der Waals surface area contributed by atoms with Crippen molar-refractivity contribution in [3.63, 3.8) is 0 Å². The highest BCUT2D eigenvalue weighted by Crippen LogP contribution is 2.48. The SMILES string of the molecule is C=C(C)C1(C)CSC(C(=O)OC)=C(C(=O)OC)S1. The summed E-state index contributed by atoms with van der Waals surface area (Å²) in [5.41, 5.74) is 0.949. The fraction of sp³-hybridized carbons (Fsp3) is 0.500. The summed E-state index contributed by atoms with van der Waals surface area (Å²) < 4.78 is 9.12. The molecule has 4 nitrogen and oxygen atoms in total. The molecule has 0 bridgehead atoms. The summed E-state index contributed by atoms with van der Waals surface area (Å²) in [6, 6.07) is 0. The Morgan fingerprint density at radius 1 is 1.22 bits per heavy atom. The third-order valence-electron chi connectivity index (χ3n) is 2.67. The van der Waals surface area contributed by atoms with Gasteiger partial charge in [0.05, 0.1) is 14.2 Å². The third kappa shape index (κ3) is 2.92. The van der Waals surface area contributed by atoms with Crippen LogP contribution in [0.25, 0.3) is 0 Å². The van der Waals surface area contributed by atoms with E-state index in [-0.39, 0.29) is 4.75 Å². The van der Waals surface area contributed by atoms with E-state index in [1.165, 1.54) is 37.7 Å². The predicted octanol–water partition coefficient (Wildman–Crippen LogP) is 2.36. The Kier molecular flexibility index (Phi) is 4.92. The lowest BCUT2D eigenvalue weighted by Gasteiger charge is -2.34. The number of esters is 2. The molecule has 0 aromatic rings. The number of carbonyl (C=O) groups is 2. The number of carbonyl (C=O) groups excluding carboxylic acids is 2. The highest BCUT2D eigenvalue weighted by molar-refractivity contribution is 8.12. The molecule has 0 N–H and O–H groups in total. The summed E-state index contributed by atoms with van der Waals surface area (Å²) in [6.45, 7) is 7.83. The normalized spacial score (nSPS) is 23.6. The van der Waals surface area contributed by atoms with Gasteiger partial charge in [-0.05, 0) is 13.8 Å². The van der Waals surface area contributed by atoms with E-state index in [4.69, 9.17) is 4.74 Å². The Balaban J connectivity index is 3.18. The molecule has 1 atom stereocenters. The zero-order chi connectivity index (χ0) is 13.9. The third-order valence-corrected chi connectivity index (χ3v) is 5.88. The molecule has 1 heterocycles. The van der Waals surface area contributed by atoms with Gasteiger partial charge in [-0.15, -0.1) is 23.5 Å². The fourth-order valence-corrected chi connectivity index (χ4v) is 4.02. The van der Waals surface area contributed by atoms with Gasteiger partial charge in [0.1, 0.15) is 9.81 Å². The lowest BCUT2D eigenvalue weighted by atomic mass is 10.1. The fourth-order valence-electron chi connectivity index (χ4n) is 1.26. The zero-order valence-corrected chi connectivity index (χ0v) is 12.5. The minimum Gasteiger partial charge on any atom is -0.465 e. The van der Waals surface area contributed by atoms with E-state index in [1.54, 1.807) is 0 Å². The standard InChI is InChI=1S/C12H16O4S2/c1-7(2)12(3)6-17-8(10(13)15-4)9(18-12)11(14)16-5/h1,6H2,2-5H3. The van der Waals surface area contributed by atoms with Crippen LogP contribution in [0, 0.1) is 0 Å². The van der Waals surface area contributed by atoms with Crippen LogP contribution in [0.4, 0.5) is 0 Å². The molecular formula is C12H16O4S2. The minimum atomic E-state index is -0.514. The molecule has 0 saturated carbocycles. The Morgan fingerprint density at radius 3 is 2.17 bits per heavy atom. The van der Waals surface area contributed by atoms with Crippen molar-refractivity contribution in [2.45, 2.75) is 18.6 Å². The van der Waals surface area contributed by atoms with Gasteiger partial charge < -0.3 is 9.47 Å². The summed E-state index contributed by atoms with van der Waals surface area (Å²) in [5.74, 6) is -0.352. The Bertz CT molecular complexity index is 428. The molecule has 0 aliphatic carbocycles. The average molecular weight is 288 g/mol. The summed E-state index contributed by atoms with van der Waals surface area (Å²) in [4.78, 5) is 24.0. The zero-order valence-electron chi connectivity index (χ0n) is 10.9. The average Bonchev–Trinajstić information content (AvgIpc) is 2.36. The first-order valence-corrected chi connectivity index (χ1v) is 7.04. The summed E-state index contributed by atoms with van der Waals surface area (Å²) in [5, 5.41) is 0. The van der Waals surface area contributed by atoms with E-state index in [1.807, 2.05) is 13.8 Å². The van der Waals surface area contributed by atoms with Crippen molar-refractivity contribution < 1.29 is 19.1 Å². The molecule has 0 spiro atoms. The van der Waals surface area contributed by atoms with Crippen LogP contribution in [-0.4, -0.2) is 36.7 Å². The summed E-state index contributed by atoms with van der Waals surface area (Å²) in [6.07, 6.45) is 0. The van der Waals surface area contributed by atoms with Crippen LogP contribution >= 0.6 is 23.5 Å². The molecule has 1 rings (SSSR count). The number of hydrogen-bond donors (Lipinski definition) is 0. The summed E-state index contributed by atoms with van der Waals surface area (Å²) in [7, 11) is 2.59. The maximum Gasteiger partial charge on any atom is 0.345 e. The van der Waals surface area contributed by atoms with Crippen molar-refractivity contribution >= 4 is 35.5 Å². The van der Waals surface area contributed by atoms with Crippen molar-refractivity contribution in [3.05, 3.63) is 22.0 Å². The largest absolute Gasteiger partial charge is 0.465 e. The smallest absolute Gasteiger partial charge is 0.345 e. The highest BCUT2D eigenvalue weighted by Gasteiger charge is 2.39. The highest BCUT2D eigenvalue weighted by atomic mass is 32.2. The van der Waals surface area contributed by atoms with Crippen molar-refractivity contribution in [2.24, 2.45) is 0 Å². The molecule has 0 saturated heterocycles. The summed E-state index contributed by atoms with van der Waals surface area (Å²) >= 11 is 2.62. The van der Waals surface area contributed by atoms with Crippen LogP contribution in [0.3, 0.4) is 0 Å². The van der Waals surface area contributed by atoms with Gasteiger partial charge in [0.25, 0.3) is 0 Å². The maximum atomic E-state index is 11.8. The van der Waals surface area contributed by atoms with Gasteiger partial charge in [0.2, 0.25) is 0 Å². The van der Waals surface area contributed by atoms with E-state index < -0.39 is 11.9 Å². The van der Waals surface area contributed by atoms with E-state index >= 15 is 0 Å². The molecule has 18 heavy (non-hydrogen) atoms. The van der Waals surface area contributed by atoms with Crippen LogP contribution in [0.2, 0.25) is 0 Å². The van der Waals surface area contributed by atoms with Gasteiger partial charge in [0.15, 0.2) is 0 Å². The molecule has 1 aliphatic rings. The number of ether oxygens (including phenoxy) is 2. The van der Waals surface area contributed by atoms with Gasteiger partial charge in [-0.3, -0.25) is 0 Å². The number of hydrogen-bond acceptors (Lipinski definition) is 6. The molecular weight excluding hydrogens is 272 g/mol. The van der Waals surface area contributed by atoms with Crippen molar-refractivity contribution in [2.75, 3.05) is 20.0 Å². The molecule has 0 amide bonds. The van der Waals surface area contributed by atoms with Gasteiger partial charge in [0, 0.05) is 10.5 Å². The van der Waals surface area contributed by atoms with E-state index in [0.29, 0.717) is 15.6 Å². The van der Waals surface area contributed by atoms with E-state index in [2.05, 4.69) is 11.3 Å². The second-order valence-electron chi connectivity index (χ2n) is 4.04. The number of rotatable bonds is 3. The van der Waals surface area contributed by atoms with Crippen molar-refractivity contribution in [3.8, 4) is 0 Å². The van der Waals surface area contributed by atoms with E-state index in [0.717, 1.165) is 5.57 Å². The first-order chi connectivity index (χ1) is 8.35. The van der Waals surface area contributed by atoms with Crippen molar-refractivity contribution in [1.82, 2.24) is 0 Å². The molecule has 100 valence electrons. The van der Waals surface area contributed by atoms with Crippen LogP contribution in [0.5, 0.6) is 0 Å². The maximum absolute atomic E-state index is 11.8. The number of thioether (sulfide) groups is 2. The Hall–Kier alpha value is -0.880. The molecule has 0 aromatic carbocycles. The monoisotopic (exact) mass is 288 g/mol. The molecule has 0 aromatic heterocycles. The second kappa shape index (κ2) is 5.84. The molecule has 1 unspecified atom stereocenters.